The van der Waals surface area contributed by atoms with Crippen molar-refractivity contribution in [3.63, 3.8) is 0 Å². The molecule has 2 aromatic carbocycles. The van der Waals surface area contributed by atoms with Crippen LogP contribution < -0.4 is 20.3 Å². The first-order chi connectivity index (χ1) is 14.3. The lowest BCUT2D eigenvalue weighted by molar-refractivity contribution is -0.385. The first kappa shape index (κ1) is 20.8. The number of benzene rings is 2. The minimum atomic E-state index is -1.19. The van der Waals surface area contributed by atoms with Gasteiger partial charge in [0.1, 0.15) is 11.7 Å². The summed E-state index contributed by atoms with van der Waals surface area (Å²) in [6.07, 6.45) is 0. The van der Waals surface area contributed by atoms with Gasteiger partial charge in [0.25, 0.3) is 5.69 Å². The van der Waals surface area contributed by atoms with Crippen LogP contribution in [0.15, 0.2) is 42.5 Å². The third kappa shape index (κ3) is 4.22. The number of urea groups is 1. The van der Waals surface area contributed by atoms with E-state index in [2.05, 4.69) is 10.6 Å². The summed E-state index contributed by atoms with van der Waals surface area (Å²) in [5, 5.41) is 16.1. The Kier molecular flexibility index (Phi) is 5.95. The molecule has 30 heavy (non-hydrogen) atoms. The molecular formula is C20H20N4O6. The monoisotopic (exact) mass is 412 g/mol. The summed E-state index contributed by atoms with van der Waals surface area (Å²) < 4.78 is 5.35. The van der Waals surface area contributed by atoms with Gasteiger partial charge in [-0.05, 0) is 44.2 Å². The molecule has 1 aliphatic rings. The molecule has 0 saturated carbocycles. The van der Waals surface area contributed by atoms with Crippen LogP contribution in [0.2, 0.25) is 0 Å². The molecule has 3 rings (SSSR count). The second-order valence-electron chi connectivity index (χ2n) is 6.59. The summed E-state index contributed by atoms with van der Waals surface area (Å²) in [4.78, 5) is 49.2. The average molecular weight is 412 g/mol. The number of carbonyl (C=O) groups is 3. The minimum Gasteiger partial charge on any atom is -0.494 e. The number of nitrogens with one attached hydrogen (secondary N) is 2. The first-order valence-electron chi connectivity index (χ1n) is 9.22. The van der Waals surface area contributed by atoms with Crippen LogP contribution in [0.25, 0.3) is 0 Å². The van der Waals surface area contributed by atoms with Crippen molar-refractivity contribution in [1.29, 1.82) is 0 Å². The van der Waals surface area contributed by atoms with Gasteiger partial charge in [-0.15, -0.1) is 0 Å². The molecule has 1 atom stereocenters. The highest BCUT2D eigenvalue weighted by Crippen LogP contribution is 2.25. The SMILES string of the molecule is CCOc1ccc(N2C(=O)NCC(C(=O)Nc3ccc(C)c([N+](=O)[O-])c3)C2=O)cc1. The zero-order valence-corrected chi connectivity index (χ0v) is 16.4. The Morgan fingerprint density at radius 2 is 1.97 bits per heavy atom. The number of anilines is 2. The molecule has 1 aliphatic heterocycles. The number of amides is 4. The van der Waals surface area contributed by atoms with E-state index < -0.39 is 28.7 Å². The fourth-order valence-electron chi connectivity index (χ4n) is 3.03. The summed E-state index contributed by atoms with van der Waals surface area (Å²) in [5.74, 6) is -1.97. The fraction of sp³-hybridized carbons (Fsp3) is 0.250. The quantitative estimate of drug-likeness (QED) is 0.426. The summed E-state index contributed by atoms with van der Waals surface area (Å²) in [7, 11) is 0. The first-order valence-corrected chi connectivity index (χ1v) is 9.22. The Balaban J connectivity index is 1.78. The van der Waals surface area contributed by atoms with Crippen molar-refractivity contribution in [2.24, 2.45) is 5.92 Å². The normalized spacial score (nSPS) is 16.1. The van der Waals surface area contributed by atoms with Gasteiger partial charge in [0.2, 0.25) is 11.8 Å². The Labute approximate surface area is 172 Å². The van der Waals surface area contributed by atoms with Crippen LogP contribution in [0.1, 0.15) is 12.5 Å². The van der Waals surface area contributed by atoms with Crippen LogP contribution >= 0.6 is 0 Å². The van der Waals surface area contributed by atoms with Gasteiger partial charge in [0, 0.05) is 23.9 Å². The molecule has 2 aromatic rings. The van der Waals surface area contributed by atoms with Crippen molar-refractivity contribution >= 4 is 34.9 Å². The molecule has 1 heterocycles. The number of nitro benzene ring substituents is 1. The molecule has 0 aliphatic carbocycles. The van der Waals surface area contributed by atoms with E-state index in [1.54, 1.807) is 31.2 Å². The van der Waals surface area contributed by atoms with E-state index in [1.807, 2.05) is 6.92 Å². The van der Waals surface area contributed by atoms with Gasteiger partial charge in [0.15, 0.2) is 0 Å². The van der Waals surface area contributed by atoms with E-state index in [9.17, 15) is 24.5 Å². The smallest absolute Gasteiger partial charge is 0.328 e. The second kappa shape index (κ2) is 8.60. The summed E-state index contributed by atoms with van der Waals surface area (Å²) in [6.45, 7) is 3.72. The van der Waals surface area contributed by atoms with Gasteiger partial charge in [0.05, 0.1) is 17.2 Å². The largest absolute Gasteiger partial charge is 0.494 e. The Morgan fingerprint density at radius 3 is 2.60 bits per heavy atom. The number of hydrogen-bond acceptors (Lipinski definition) is 6. The van der Waals surface area contributed by atoms with E-state index >= 15 is 0 Å². The zero-order valence-electron chi connectivity index (χ0n) is 16.4. The molecule has 0 bridgehead atoms. The number of imide groups is 1. The number of aryl methyl sites for hydroxylation is 1. The topological polar surface area (TPSA) is 131 Å². The molecule has 1 fully saturated rings. The number of carbonyl (C=O) groups excluding carboxylic acids is 3. The van der Waals surface area contributed by atoms with Gasteiger partial charge in [-0.3, -0.25) is 19.7 Å². The maximum atomic E-state index is 12.9. The predicted octanol–water partition coefficient (Wildman–Crippen LogP) is 2.61. The van der Waals surface area contributed by atoms with E-state index in [0.29, 0.717) is 23.6 Å². The number of ether oxygens (including phenoxy) is 1. The minimum absolute atomic E-state index is 0.146. The molecule has 2 N–H and O–H groups in total. The zero-order chi connectivity index (χ0) is 21.8. The number of nitro groups is 1. The molecule has 4 amide bonds. The van der Waals surface area contributed by atoms with Crippen molar-refractivity contribution in [2.45, 2.75) is 13.8 Å². The fourth-order valence-corrected chi connectivity index (χ4v) is 3.03. The van der Waals surface area contributed by atoms with Crippen molar-refractivity contribution in [2.75, 3.05) is 23.4 Å². The maximum absolute atomic E-state index is 12.9. The van der Waals surface area contributed by atoms with Crippen molar-refractivity contribution in [3.05, 3.63) is 58.1 Å². The molecule has 0 radical (unpaired) electrons. The summed E-state index contributed by atoms with van der Waals surface area (Å²) in [6, 6.07) is 9.94. The highest BCUT2D eigenvalue weighted by atomic mass is 16.6. The second-order valence-corrected chi connectivity index (χ2v) is 6.59. The average Bonchev–Trinajstić information content (AvgIpc) is 2.70. The lowest BCUT2D eigenvalue weighted by Crippen LogP contribution is -2.58. The summed E-state index contributed by atoms with van der Waals surface area (Å²) in [5.41, 5.74) is 0.784. The third-order valence-corrected chi connectivity index (χ3v) is 4.57. The molecule has 1 unspecified atom stereocenters. The Morgan fingerprint density at radius 1 is 1.27 bits per heavy atom. The van der Waals surface area contributed by atoms with E-state index in [0.717, 1.165) is 4.90 Å². The van der Waals surface area contributed by atoms with Gasteiger partial charge in [-0.25, -0.2) is 9.69 Å². The molecule has 0 spiro atoms. The van der Waals surface area contributed by atoms with Gasteiger partial charge in [-0.1, -0.05) is 6.07 Å². The van der Waals surface area contributed by atoms with Gasteiger partial charge in [-0.2, -0.15) is 0 Å². The number of nitrogens with zero attached hydrogens (tertiary/aromatic N) is 2. The van der Waals surface area contributed by atoms with Crippen molar-refractivity contribution < 1.29 is 24.0 Å². The van der Waals surface area contributed by atoms with E-state index in [4.69, 9.17) is 4.74 Å². The Bertz CT molecular complexity index is 1000. The molecule has 0 aromatic heterocycles. The maximum Gasteiger partial charge on any atom is 0.328 e. The predicted molar refractivity (Wildman–Crippen MR) is 108 cm³/mol. The van der Waals surface area contributed by atoms with E-state index in [-0.39, 0.29) is 17.9 Å². The standard InChI is InChI=1S/C20H20N4O6/c1-3-30-15-8-6-14(7-9-15)23-19(26)16(11-21-20(23)27)18(25)22-13-5-4-12(2)17(10-13)24(28)29/h4-10,16H,3,11H2,1-2H3,(H,21,27)(H,22,25). The highest BCUT2D eigenvalue weighted by molar-refractivity contribution is 6.23. The van der Waals surface area contributed by atoms with E-state index in [1.165, 1.54) is 18.2 Å². The molecule has 156 valence electrons. The highest BCUT2D eigenvalue weighted by Gasteiger charge is 2.39. The van der Waals surface area contributed by atoms with Crippen LogP contribution in [-0.2, 0) is 9.59 Å². The van der Waals surface area contributed by atoms with Crippen molar-refractivity contribution in [1.82, 2.24) is 5.32 Å². The molecule has 10 heteroatoms. The molecular weight excluding hydrogens is 392 g/mol. The molecule has 10 nitrogen and oxygen atoms in total. The lowest BCUT2D eigenvalue weighted by atomic mass is 10.0. The van der Waals surface area contributed by atoms with Gasteiger partial charge < -0.3 is 15.4 Å². The number of rotatable bonds is 6. The van der Waals surface area contributed by atoms with Crippen LogP contribution in [0.5, 0.6) is 5.75 Å². The van der Waals surface area contributed by atoms with Gasteiger partial charge >= 0.3 is 6.03 Å². The van der Waals surface area contributed by atoms with Crippen molar-refractivity contribution in [3.8, 4) is 5.75 Å². The van der Waals surface area contributed by atoms with Crippen LogP contribution in [-0.4, -0.2) is 35.9 Å². The lowest BCUT2D eigenvalue weighted by Gasteiger charge is -2.30. The number of hydrogen-bond donors (Lipinski definition) is 2. The van der Waals surface area contributed by atoms with Crippen LogP contribution in [0, 0.1) is 23.0 Å². The van der Waals surface area contributed by atoms with Crippen LogP contribution in [0.4, 0.5) is 21.9 Å². The Hall–Kier alpha value is -3.95. The molecule has 1 saturated heterocycles. The summed E-state index contributed by atoms with van der Waals surface area (Å²) >= 11 is 0. The van der Waals surface area contributed by atoms with Crippen LogP contribution in [0.3, 0.4) is 0 Å². The third-order valence-electron chi connectivity index (χ3n) is 4.57.